The second kappa shape index (κ2) is 14.9. The molecule has 0 fully saturated rings. The van der Waals surface area contributed by atoms with Crippen LogP contribution in [0.4, 0.5) is 0 Å². The van der Waals surface area contributed by atoms with Gasteiger partial charge < -0.3 is 15.1 Å². The summed E-state index contributed by atoms with van der Waals surface area (Å²) in [5.41, 5.74) is 2.96. The lowest BCUT2D eigenvalue weighted by atomic mass is 9.87. The largest absolute Gasteiger partial charge is 0.481 e. The summed E-state index contributed by atoms with van der Waals surface area (Å²) in [6.45, 7) is 2.21. The van der Waals surface area contributed by atoms with Crippen LogP contribution in [0.25, 0.3) is 27.6 Å². The lowest BCUT2D eigenvalue weighted by molar-refractivity contribution is -0.151. The second-order valence-corrected chi connectivity index (χ2v) is 12.1. The van der Waals surface area contributed by atoms with E-state index in [4.69, 9.17) is 11.6 Å². The van der Waals surface area contributed by atoms with Crippen LogP contribution in [-0.2, 0) is 20.9 Å². The quantitative estimate of drug-likeness (QED) is 0.135. The Morgan fingerprint density at radius 3 is 2.17 bits per heavy atom. The zero-order valence-electron chi connectivity index (χ0n) is 25.6. The van der Waals surface area contributed by atoms with E-state index in [2.05, 4.69) is 36.4 Å². The van der Waals surface area contributed by atoms with E-state index in [1.54, 1.807) is 4.90 Å². The molecule has 7 heteroatoms. The number of allylic oxidation sites excluding steroid dienone is 1. The number of nitrogens with zero attached hydrogens (tertiary/aromatic N) is 1. The van der Waals surface area contributed by atoms with E-state index >= 15 is 0 Å². The maximum Gasteiger partial charge on any atom is 0.307 e. The van der Waals surface area contributed by atoms with Crippen molar-refractivity contribution in [3.05, 3.63) is 137 Å². The van der Waals surface area contributed by atoms with Crippen LogP contribution >= 0.6 is 11.6 Å². The van der Waals surface area contributed by atoms with Crippen LogP contribution in [0.15, 0.2) is 115 Å². The molecule has 0 saturated carbocycles. The van der Waals surface area contributed by atoms with Crippen LogP contribution in [0, 0.1) is 5.92 Å². The second-order valence-electron chi connectivity index (χ2n) is 11.6. The molecular formula is C39H36ClNO5. The van der Waals surface area contributed by atoms with Crippen molar-refractivity contribution in [2.24, 2.45) is 5.92 Å². The summed E-state index contributed by atoms with van der Waals surface area (Å²) in [6, 6.07) is 35.5. The predicted molar refractivity (Wildman–Crippen MR) is 184 cm³/mol. The Bertz CT molecular complexity index is 1880. The minimum atomic E-state index is -1.34. The van der Waals surface area contributed by atoms with Gasteiger partial charge in [0.05, 0.1) is 12.3 Å². The van der Waals surface area contributed by atoms with Gasteiger partial charge in [-0.25, -0.2) is 0 Å². The Morgan fingerprint density at radius 1 is 0.783 bits per heavy atom. The number of rotatable bonds is 13. The fourth-order valence-electron chi connectivity index (χ4n) is 6.05. The normalized spacial score (nSPS) is 13.4. The molecule has 234 valence electrons. The lowest BCUT2D eigenvalue weighted by Gasteiger charge is -2.36. The molecule has 0 aliphatic rings. The van der Waals surface area contributed by atoms with E-state index in [9.17, 15) is 24.6 Å². The number of hydrogen-bond acceptors (Lipinski definition) is 3. The molecule has 3 unspecified atom stereocenters. The van der Waals surface area contributed by atoms with Crippen molar-refractivity contribution in [1.82, 2.24) is 4.90 Å². The lowest BCUT2D eigenvalue weighted by Crippen LogP contribution is -2.43. The van der Waals surface area contributed by atoms with Gasteiger partial charge in [-0.1, -0.05) is 115 Å². The zero-order valence-corrected chi connectivity index (χ0v) is 26.3. The molecule has 0 aliphatic carbocycles. The van der Waals surface area contributed by atoms with Gasteiger partial charge in [-0.05, 0) is 69.8 Å². The van der Waals surface area contributed by atoms with E-state index in [0.29, 0.717) is 11.4 Å². The first-order valence-electron chi connectivity index (χ1n) is 15.3. The number of carbonyl (C=O) groups excluding carboxylic acids is 1. The van der Waals surface area contributed by atoms with Crippen molar-refractivity contribution < 1.29 is 24.6 Å². The summed E-state index contributed by atoms with van der Waals surface area (Å²) >= 11 is 6.25. The van der Waals surface area contributed by atoms with Crippen LogP contribution in [0.2, 0.25) is 5.02 Å². The Morgan fingerprint density at radius 2 is 1.46 bits per heavy atom. The van der Waals surface area contributed by atoms with Crippen molar-refractivity contribution in [2.45, 2.75) is 44.7 Å². The summed E-state index contributed by atoms with van der Waals surface area (Å²) in [5, 5.41) is 24.1. The van der Waals surface area contributed by atoms with E-state index in [-0.39, 0.29) is 18.5 Å². The maximum absolute atomic E-state index is 14.0. The van der Waals surface area contributed by atoms with Gasteiger partial charge in [0.1, 0.15) is 0 Å². The standard InChI is InChI=1S/C39H36ClNO5/c1-26(35(31-18-20-34(40)21-19-31)15-7-13-30-12-6-11-29-9-4-5-14-36(29)30)41(37(42)23-33(39(45)46)24-38(43)44)25-27-16-17-28-8-2-3-10-32(28)22-27/h2-14,16-22,26,33,35H,15,23-25H2,1H3,(H,43,44)(H,45,46). The summed E-state index contributed by atoms with van der Waals surface area (Å²) in [4.78, 5) is 39.1. The highest BCUT2D eigenvalue weighted by Crippen LogP contribution is 2.32. The number of carbonyl (C=O) groups is 3. The van der Waals surface area contributed by atoms with Crippen LogP contribution < -0.4 is 0 Å². The first-order valence-corrected chi connectivity index (χ1v) is 15.7. The first kappa shape index (κ1) is 32.5. The monoisotopic (exact) mass is 633 g/mol. The SMILES string of the molecule is CC(C(CC=Cc1cccc2ccccc12)c1ccc(Cl)cc1)N(Cc1ccc2ccccc2c1)C(=O)CC(CC(=O)O)C(=O)O. The molecule has 5 rings (SSSR count). The number of carboxylic acid groups (broad SMARTS) is 2. The van der Waals surface area contributed by atoms with Crippen LogP contribution in [0.3, 0.4) is 0 Å². The van der Waals surface area contributed by atoms with Crippen LogP contribution in [0.1, 0.15) is 48.8 Å². The summed E-state index contributed by atoms with van der Waals surface area (Å²) in [7, 11) is 0. The maximum atomic E-state index is 14.0. The molecule has 0 spiro atoms. The van der Waals surface area contributed by atoms with Crippen molar-refractivity contribution >= 4 is 57.1 Å². The molecule has 46 heavy (non-hydrogen) atoms. The molecule has 1 amide bonds. The topological polar surface area (TPSA) is 94.9 Å². The number of aliphatic carboxylic acids is 2. The molecule has 0 aromatic heterocycles. The Kier molecular flexibility index (Phi) is 10.5. The molecular weight excluding hydrogens is 598 g/mol. The van der Waals surface area contributed by atoms with E-state index < -0.39 is 36.6 Å². The molecule has 0 heterocycles. The molecule has 3 atom stereocenters. The van der Waals surface area contributed by atoms with Gasteiger partial charge in [0.15, 0.2) is 0 Å². The third kappa shape index (κ3) is 8.01. The molecule has 5 aromatic rings. The average molecular weight is 634 g/mol. The van der Waals surface area contributed by atoms with Gasteiger partial charge in [-0.2, -0.15) is 0 Å². The third-order valence-corrected chi connectivity index (χ3v) is 8.81. The van der Waals surface area contributed by atoms with Crippen LogP contribution in [-0.4, -0.2) is 39.0 Å². The van der Waals surface area contributed by atoms with Gasteiger partial charge in [0.25, 0.3) is 0 Å². The average Bonchev–Trinajstić information content (AvgIpc) is 3.05. The number of fused-ring (bicyclic) bond motifs is 2. The Labute approximate surface area is 273 Å². The molecule has 2 N–H and O–H groups in total. The molecule has 0 aliphatic heterocycles. The third-order valence-electron chi connectivity index (χ3n) is 8.56. The van der Waals surface area contributed by atoms with Gasteiger partial charge in [0.2, 0.25) is 5.91 Å². The van der Waals surface area contributed by atoms with E-state index in [1.165, 1.54) is 0 Å². The summed E-state index contributed by atoms with van der Waals surface area (Å²) < 4.78 is 0. The number of benzene rings is 5. The van der Waals surface area contributed by atoms with Crippen molar-refractivity contribution in [2.75, 3.05) is 0 Å². The van der Waals surface area contributed by atoms with E-state index in [0.717, 1.165) is 38.2 Å². The minimum absolute atomic E-state index is 0.171. The van der Waals surface area contributed by atoms with Gasteiger partial charge >= 0.3 is 11.9 Å². The highest BCUT2D eigenvalue weighted by atomic mass is 35.5. The highest BCUT2D eigenvalue weighted by molar-refractivity contribution is 6.30. The Hall–Kier alpha value is -4.94. The Balaban J connectivity index is 1.50. The molecule has 0 bridgehead atoms. The highest BCUT2D eigenvalue weighted by Gasteiger charge is 2.32. The van der Waals surface area contributed by atoms with Crippen LogP contribution in [0.5, 0.6) is 0 Å². The van der Waals surface area contributed by atoms with Gasteiger partial charge in [-0.3, -0.25) is 14.4 Å². The molecule has 0 radical (unpaired) electrons. The fraction of sp³-hybridized carbons (Fsp3) is 0.205. The van der Waals surface area contributed by atoms with E-state index in [1.807, 2.05) is 91.9 Å². The number of halogens is 1. The number of amides is 1. The summed E-state index contributed by atoms with van der Waals surface area (Å²) in [6.07, 6.45) is 3.75. The van der Waals surface area contributed by atoms with Crippen molar-refractivity contribution in [1.29, 1.82) is 0 Å². The smallest absolute Gasteiger partial charge is 0.307 e. The number of carboxylic acids is 2. The molecule has 0 saturated heterocycles. The molecule has 5 aromatic carbocycles. The van der Waals surface area contributed by atoms with Gasteiger partial charge in [-0.15, -0.1) is 0 Å². The minimum Gasteiger partial charge on any atom is -0.481 e. The fourth-order valence-corrected chi connectivity index (χ4v) is 6.18. The van der Waals surface area contributed by atoms with Gasteiger partial charge in [0, 0.05) is 29.9 Å². The predicted octanol–water partition coefficient (Wildman–Crippen LogP) is 8.82. The van der Waals surface area contributed by atoms with Crippen molar-refractivity contribution in [3.8, 4) is 0 Å². The summed E-state index contributed by atoms with van der Waals surface area (Å²) in [5.74, 6) is -4.48. The van der Waals surface area contributed by atoms with Crippen molar-refractivity contribution in [3.63, 3.8) is 0 Å². The zero-order chi connectivity index (χ0) is 32.6. The first-order chi connectivity index (χ1) is 22.2. The number of hydrogen-bond donors (Lipinski definition) is 2. The molecule has 6 nitrogen and oxygen atoms in total.